The third-order valence-corrected chi connectivity index (χ3v) is 2.26. The third-order valence-electron chi connectivity index (χ3n) is 2.26. The number of aromatic nitrogens is 1. The molecule has 2 rings (SSSR count). The van der Waals surface area contributed by atoms with Gasteiger partial charge < -0.3 is 4.42 Å². The van der Waals surface area contributed by atoms with Crippen molar-refractivity contribution in [3.8, 4) is 0 Å². The maximum Gasteiger partial charge on any atom is 0.419 e. The topological polar surface area (TPSA) is 35.1 Å². The van der Waals surface area contributed by atoms with E-state index in [0.717, 1.165) is 0 Å². The molecule has 1 heterocycles. The van der Waals surface area contributed by atoms with E-state index in [1.165, 1.54) is 10.6 Å². The van der Waals surface area contributed by atoms with Crippen molar-refractivity contribution in [3.63, 3.8) is 0 Å². The number of nitrogens with zero attached hydrogens (tertiary/aromatic N) is 1. The van der Waals surface area contributed by atoms with E-state index in [4.69, 9.17) is 4.42 Å². The highest BCUT2D eigenvalue weighted by Gasteiger charge is 2.10. The van der Waals surface area contributed by atoms with Crippen molar-refractivity contribution >= 4 is 11.1 Å². The van der Waals surface area contributed by atoms with Crippen molar-refractivity contribution in [1.29, 1.82) is 0 Å². The van der Waals surface area contributed by atoms with Crippen LogP contribution in [0.5, 0.6) is 0 Å². The molecule has 0 aliphatic heterocycles. The molecule has 0 unspecified atom stereocenters. The minimum absolute atomic E-state index is 0.306. The fourth-order valence-electron chi connectivity index (χ4n) is 1.49. The Labute approximate surface area is 79.8 Å². The van der Waals surface area contributed by atoms with Crippen LogP contribution in [0.15, 0.2) is 21.3 Å². The van der Waals surface area contributed by atoms with Gasteiger partial charge in [-0.2, -0.15) is 0 Å². The van der Waals surface area contributed by atoms with E-state index in [-0.39, 0.29) is 5.82 Å². The quantitative estimate of drug-likeness (QED) is 0.698. The normalized spacial score (nSPS) is 11.1. The van der Waals surface area contributed by atoms with Crippen LogP contribution in [-0.4, -0.2) is 4.57 Å². The third kappa shape index (κ3) is 1.14. The van der Waals surface area contributed by atoms with Gasteiger partial charge in [0.25, 0.3) is 0 Å². The van der Waals surface area contributed by atoms with Crippen LogP contribution in [0.2, 0.25) is 0 Å². The van der Waals surface area contributed by atoms with Gasteiger partial charge in [-0.15, -0.1) is 0 Å². The van der Waals surface area contributed by atoms with Gasteiger partial charge in [0, 0.05) is 12.6 Å². The van der Waals surface area contributed by atoms with Gasteiger partial charge in [0.05, 0.1) is 5.52 Å². The first kappa shape index (κ1) is 8.99. The molecule has 0 spiro atoms. The van der Waals surface area contributed by atoms with Crippen LogP contribution in [0.25, 0.3) is 11.1 Å². The Hall–Kier alpha value is -1.58. The Kier molecular flexibility index (Phi) is 1.91. The fraction of sp³-hybridized carbons (Fsp3) is 0.300. The Morgan fingerprint density at radius 3 is 2.86 bits per heavy atom. The number of aryl methyl sites for hydroxylation is 2. The summed E-state index contributed by atoms with van der Waals surface area (Å²) in [6.45, 7) is 4.03. The smallest absolute Gasteiger partial charge is 0.408 e. The molecule has 2 aromatic rings. The van der Waals surface area contributed by atoms with E-state index in [1.807, 2.05) is 6.92 Å². The molecule has 0 saturated carbocycles. The van der Waals surface area contributed by atoms with Gasteiger partial charge in [-0.3, -0.25) is 4.57 Å². The van der Waals surface area contributed by atoms with Crippen molar-refractivity contribution < 1.29 is 8.81 Å². The summed E-state index contributed by atoms with van der Waals surface area (Å²) in [5.41, 5.74) is 1.47. The first-order valence-electron chi connectivity index (χ1n) is 4.43. The Morgan fingerprint density at radius 2 is 2.21 bits per heavy atom. The minimum Gasteiger partial charge on any atom is -0.408 e. The molecule has 3 nitrogen and oxygen atoms in total. The number of oxazole rings is 1. The lowest BCUT2D eigenvalue weighted by Crippen LogP contribution is -2.12. The zero-order chi connectivity index (χ0) is 10.3. The molecule has 1 aromatic heterocycles. The van der Waals surface area contributed by atoms with E-state index in [2.05, 4.69) is 0 Å². The molecule has 14 heavy (non-hydrogen) atoms. The standard InChI is InChI=1S/C10H10FNO2/c1-3-12-8-4-6(2)7(11)5-9(8)14-10(12)13/h4-5H,3H2,1-2H3. The molecule has 0 bridgehead atoms. The van der Waals surface area contributed by atoms with E-state index >= 15 is 0 Å². The van der Waals surface area contributed by atoms with Crippen LogP contribution in [0.3, 0.4) is 0 Å². The van der Waals surface area contributed by atoms with Crippen molar-refractivity contribution in [2.45, 2.75) is 20.4 Å². The Bertz CT molecular complexity index is 539. The summed E-state index contributed by atoms with van der Waals surface area (Å²) in [5.74, 6) is -0.790. The highest BCUT2D eigenvalue weighted by Crippen LogP contribution is 2.17. The second-order valence-electron chi connectivity index (χ2n) is 3.18. The van der Waals surface area contributed by atoms with Crippen molar-refractivity contribution in [3.05, 3.63) is 34.1 Å². The molecule has 1 aromatic carbocycles. The molecule has 0 aliphatic carbocycles. The van der Waals surface area contributed by atoms with E-state index in [1.54, 1.807) is 13.0 Å². The molecule has 0 fully saturated rings. The van der Waals surface area contributed by atoms with Crippen LogP contribution in [0.1, 0.15) is 12.5 Å². The first-order chi connectivity index (χ1) is 6.63. The summed E-state index contributed by atoms with van der Waals surface area (Å²) < 4.78 is 19.5. The Morgan fingerprint density at radius 1 is 1.50 bits per heavy atom. The summed E-state index contributed by atoms with van der Waals surface area (Å²) in [6.07, 6.45) is 0. The van der Waals surface area contributed by atoms with Crippen LogP contribution in [0.4, 0.5) is 4.39 Å². The molecule has 0 aliphatic rings. The summed E-state index contributed by atoms with van der Waals surface area (Å²) >= 11 is 0. The van der Waals surface area contributed by atoms with E-state index < -0.39 is 5.76 Å². The number of halogens is 1. The zero-order valence-electron chi connectivity index (χ0n) is 8.00. The maximum atomic E-state index is 13.1. The highest BCUT2D eigenvalue weighted by molar-refractivity contribution is 5.73. The SMILES string of the molecule is CCn1c(=O)oc2cc(F)c(C)cc21. The van der Waals surface area contributed by atoms with Gasteiger partial charge in [-0.05, 0) is 25.5 Å². The minimum atomic E-state index is -0.437. The van der Waals surface area contributed by atoms with Gasteiger partial charge >= 0.3 is 5.76 Å². The zero-order valence-corrected chi connectivity index (χ0v) is 8.00. The molecule has 74 valence electrons. The number of fused-ring (bicyclic) bond motifs is 1. The monoisotopic (exact) mass is 195 g/mol. The van der Waals surface area contributed by atoms with Crippen molar-refractivity contribution in [1.82, 2.24) is 4.57 Å². The first-order valence-corrected chi connectivity index (χ1v) is 4.43. The molecule has 4 heteroatoms. The molecule has 0 atom stereocenters. The number of rotatable bonds is 1. The van der Waals surface area contributed by atoms with Gasteiger partial charge in [-0.25, -0.2) is 9.18 Å². The lowest BCUT2D eigenvalue weighted by Gasteiger charge is -1.98. The van der Waals surface area contributed by atoms with Gasteiger partial charge in [-0.1, -0.05) is 0 Å². The molecule has 0 radical (unpaired) electrons. The van der Waals surface area contributed by atoms with Gasteiger partial charge in [0.15, 0.2) is 5.58 Å². The Balaban J connectivity index is 2.89. The number of benzene rings is 1. The molecule has 0 amide bonds. The summed E-state index contributed by atoms with van der Waals surface area (Å²) in [5, 5.41) is 0. The van der Waals surface area contributed by atoms with Crippen molar-refractivity contribution in [2.24, 2.45) is 0 Å². The van der Waals surface area contributed by atoms with Crippen molar-refractivity contribution in [2.75, 3.05) is 0 Å². The predicted octanol–water partition coefficient (Wildman–Crippen LogP) is 2.06. The highest BCUT2D eigenvalue weighted by atomic mass is 19.1. The fourth-order valence-corrected chi connectivity index (χ4v) is 1.49. The molecule has 0 saturated heterocycles. The van der Waals surface area contributed by atoms with Crippen LogP contribution < -0.4 is 5.76 Å². The largest absolute Gasteiger partial charge is 0.419 e. The van der Waals surface area contributed by atoms with Crippen LogP contribution >= 0.6 is 0 Å². The average Bonchev–Trinajstić information content (AvgIpc) is 2.42. The van der Waals surface area contributed by atoms with Crippen LogP contribution in [0, 0.1) is 12.7 Å². The summed E-state index contributed by atoms with van der Waals surface area (Å²) in [6, 6.07) is 2.87. The van der Waals surface area contributed by atoms with Gasteiger partial charge in [0.2, 0.25) is 0 Å². The lowest BCUT2D eigenvalue weighted by molar-refractivity contribution is 0.511. The van der Waals surface area contributed by atoms with E-state index in [0.29, 0.717) is 23.2 Å². The summed E-state index contributed by atoms with van der Waals surface area (Å²) in [4.78, 5) is 11.3. The molecular weight excluding hydrogens is 185 g/mol. The van der Waals surface area contributed by atoms with E-state index in [9.17, 15) is 9.18 Å². The van der Waals surface area contributed by atoms with Crippen LogP contribution in [-0.2, 0) is 6.54 Å². The number of hydrogen-bond donors (Lipinski definition) is 0. The molecular formula is C10H10FNO2. The second kappa shape index (κ2) is 2.97. The second-order valence-corrected chi connectivity index (χ2v) is 3.18. The number of hydrogen-bond acceptors (Lipinski definition) is 2. The predicted molar refractivity (Wildman–Crippen MR) is 50.8 cm³/mol. The molecule has 0 N–H and O–H groups in total. The average molecular weight is 195 g/mol. The maximum absolute atomic E-state index is 13.1. The summed E-state index contributed by atoms with van der Waals surface area (Å²) in [7, 11) is 0. The lowest BCUT2D eigenvalue weighted by atomic mass is 10.2. The van der Waals surface area contributed by atoms with Gasteiger partial charge in [0.1, 0.15) is 5.82 Å².